The van der Waals surface area contributed by atoms with Crippen LogP contribution in [-0.2, 0) is 10.9 Å². The van der Waals surface area contributed by atoms with Crippen molar-refractivity contribution in [2.75, 3.05) is 49.3 Å². The fourth-order valence-electron chi connectivity index (χ4n) is 3.48. The summed E-state index contributed by atoms with van der Waals surface area (Å²) in [5.74, 6) is -0.0672. The smallest absolute Gasteiger partial charge is 0.416 e. The van der Waals surface area contributed by atoms with Crippen molar-refractivity contribution in [3.8, 4) is 5.75 Å². The van der Waals surface area contributed by atoms with Gasteiger partial charge >= 0.3 is 6.18 Å². The largest absolute Gasteiger partial charge is 0.490 e. The molecule has 1 amide bonds. The molecule has 0 N–H and O–H groups in total. The third kappa shape index (κ3) is 3.52. The van der Waals surface area contributed by atoms with Gasteiger partial charge in [-0.15, -0.1) is 0 Å². The van der Waals surface area contributed by atoms with Crippen molar-refractivity contribution in [1.29, 1.82) is 0 Å². The number of nitrogens with zero attached hydrogens (tertiary/aromatic N) is 2. The predicted molar refractivity (Wildman–Crippen MR) is 98.1 cm³/mol. The van der Waals surface area contributed by atoms with Crippen molar-refractivity contribution in [3.63, 3.8) is 0 Å². The van der Waals surface area contributed by atoms with Crippen molar-refractivity contribution in [3.05, 3.63) is 53.6 Å². The summed E-state index contributed by atoms with van der Waals surface area (Å²) in [6.07, 6.45) is -4.49. The van der Waals surface area contributed by atoms with Gasteiger partial charge in [0.2, 0.25) is 0 Å². The molecule has 148 valence electrons. The quantitative estimate of drug-likeness (QED) is 0.784. The lowest BCUT2D eigenvalue weighted by Gasteiger charge is -2.33. The van der Waals surface area contributed by atoms with E-state index in [1.54, 1.807) is 12.1 Å². The average Bonchev–Trinajstić information content (AvgIpc) is 2.72. The van der Waals surface area contributed by atoms with E-state index in [9.17, 15) is 18.0 Å². The minimum absolute atomic E-state index is 0.142. The number of morpholine rings is 1. The van der Waals surface area contributed by atoms with Gasteiger partial charge in [0.25, 0.3) is 5.91 Å². The van der Waals surface area contributed by atoms with E-state index in [2.05, 4.69) is 4.90 Å². The van der Waals surface area contributed by atoms with Crippen LogP contribution in [0.25, 0.3) is 0 Å². The number of anilines is 2. The predicted octanol–water partition coefficient (Wildman–Crippen LogP) is 3.58. The first kappa shape index (κ1) is 18.6. The van der Waals surface area contributed by atoms with E-state index in [0.29, 0.717) is 31.9 Å². The molecule has 0 aliphatic carbocycles. The highest BCUT2D eigenvalue weighted by molar-refractivity contribution is 6.10. The number of benzene rings is 2. The van der Waals surface area contributed by atoms with Gasteiger partial charge < -0.3 is 19.3 Å². The van der Waals surface area contributed by atoms with E-state index >= 15 is 0 Å². The molecule has 1 fully saturated rings. The molecule has 0 unspecified atom stereocenters. The molecule has 28 heavy (non-hydrogen) atoms. The maximum Gasteiger partial charge on any atom is 0.416 e. The Balaban J connectivity index is 1.71. The zero-order chi connectivity index (χ0) is 19.7. The first-order valence-corrected chi connectivity index (χ1v) is 9.03. The lowest BCUT2D eigenvalue weighted by Crippen LogP contribution is -2.41. The number of ether oxygens (including phenoxy) is 2. The van der Waals surface area contributed by atoms with Crippen LogP contribution in [-0.4, -0.2) is 45.4 Å². The lowest BCUT2D eigenvalue weighted by atomic mass is 10.1. The van der Waals surface area contributed by atoms with E-state index in [-0.39, 0.29) is 30.5 Å². The molecule has 2 aromatic rings. The molecule has 0 saturated carbocycles. The van der Waals surface area contributed by atoms with Crippen LogP contribution in [0.4, 0.5) is 24.5 Å². The molecule has 8 heteroatoms. The Bertz CT molecular complexity index is 879. The molecule has 5 nitrogen and oxygen atoms in total. The number of amides is 1. The summed E-state index contributed by atoms with van der Waals surface area (Å²) in [6, 6.07) is 10.4. The number of alkyl halides is 3. The van der Waals surface area contributed by atoms with Crippen molar-refractivity contribution < 1.29 is 27.4 Å². The second-order valence-corrected chi connectivity index (χ2v) is 6.60. The molecule has 2 aliphatic heterocycles. The third-order valence-electron chi connectivity index (χ3n) is 4.88. The van der Waals surface area contributed by atoms with Gasteiger partial charge in [0.1, 0.15) is 12.4 Å². The molecule has 1 saturated heterocycles. The number of rotatable bonds is 2. The molecular formula is C20H19F3N2O3. The topological polar surface area (TPSA) is 42.0 Å². The van der Waals surface area contributed by atoms with Crippen LogP contribution < -0.4 is 14.5 Å². The summed E-state index contributed by atoms with van der Waals surface area (Å²) in [5, 5.41) is 0. The molecule has 2 aromatic carbocycles. The van der Waals surface area contributed by atoms with Crippen LogP contribution in [0.1, 0.15) is 15.9 Å². The number of hydrogen-bond donors (Lipinski definition) is 0. The second kappa shape index (κ2) is 7.35. The van der Waals surface area contributed by atoms with Crippen LogP contribution in [0.2, 0.25) is 0 Å². The van der Waals surface area contributed by atoms with E-state index in [1.165, 1.54) is 11.0 Å². The average molecular weight is 392 g/mol. The fraction of sp³-hybridized carbons (Fsp3) is 0.350. The maximum absolute atomic E-state index is 13.3. The van der Waals surface area contributed by atoms with Crippen LogP contribution in [0, 0.1) is 0 Å². The Labute approximate surface area is 160 Å². The van der Waals surface area contributed by atoms with E-state index in [0.717, 1.165) is 17.8 Å². The summed E-state index contributed by atoms with van der Waals surface area (Å²) in [5.41, 5.74) is 0.546. The van der Waals surface area contributed by atoms with E-state index in [1.807, 2.05) is 12.1 Å². The Hall–Kier alpha value is -2.74. The second-order valence-electron chi connectivity index (χ2n) is 6.60. The van der Waals surface area contributed by atoms with E-state index in [4.69, 9.17) is 9.47 Å². The highest BCUT2D eigenvalue weighted by Gasteiger charge is 2.34. The molecule has 4 rings (SSSR count). The molecule has 0 atom stereocenters. The van der Waals surface area contributed by atoms with Gasteiger partial charge in [0.15, 0.2) is 0 Å². The molecular weight excluding hydrogens is 373 g/mol. The highest BCUT2D eigenvalue weighted by atomic mass is 19.4. The van der Waals surface area contributed by atoms with Gasteiger partial charge in [-0.3, -0.25) is 4.79 Å². The Morgan fingerprint density at radius 1 is 0.929 bits per heavy atom. The zero-order valence-electron chi connectivity index (χ0n) is 15.0. The number of carbonyl (C=O) groups excluding carboxylic acids is 1. The highest BCUT2D eigenvalue weighted by Crippen LogP contribution is 2.39. The van der Waals surface area contributed by atoms with Crippen molar-refractivity contribution in [1.82, 2.24) is 0 Å². The normalized spacial score (nSPS) is 17.1. The van der Waals surface area contributed by atoms with Gasteiger partial charge in [0.05, 0.1) is 36.6 Å². The Morgan fingerprint density at radius 3 is 2.43 bits per heavy atom. The maximum atomic E-state index is 13.3. The molecule has 0 spiro atoms. The summed E-state index contributed by atoms with van der Waals surface area (Å²) in [4.78, 5) is 16.7. The van der Waals surface area contributed by atoms with Crippen LogP contribution in [0.5, 0.6) is 5.75 Å². The van der Waals surface area contributed by atoms with Crippen molar-refractivity contribution in [2.24, 2.45) is 0 Å². The summed E-state index contributed by atoms with van der Waals surface area (Å²) in [7, 11) is 0. The minimum atomic E-state index is -4.49. The summed E-state index contributed by atoms with van der Waals surface area (Å²) in [6.45, 7) is 2.86. The lowest BCUT2D eigenvalue weighted by molar-refractivity contribution is -0.137. The third-order valence-corrected chi connectivity index (χ3v) is 4.88. The van der Waals surface area contributed by atoms with E-state index < -0.39 is 11.7 Å². The van der Waals surface area contributed by atoms with Gasteiger partial charge in [-0.1, -0.05) is 12.1 Å². The number of fused-ring (bicyclic) bond motifs is 1. The van der Waals surface area contributed by atoms with Crippen molar-refractivity contribution in [2.45, 2.75) is 6.18 Å². The number of halogens is 3. The van der Waals surface area contributed by atoms with Gasteiger partial charge in [-0.05, 0) is 30.3 Å². The zero-order valence-corrected chi connectivity index (χ0v) is 15.0. The van der Waals surface area contributed by atoms with Gasteiger partial charge in [-0.2, -0.15) is 13.2 Å². The Kier molecular flexibility index (Phi) is 4.89. The summed E-state index contributed by atoms with van der Waals surface area (Å²) >= 11 is 0. The number of para-hydroxylation sites is 1. The summed E-state index contributed by atoms with van der Waals surface area (Å²) < 4.78 is 50.3. The first-order chi connectivity index (χ1) is 13.4. The van der Waals surface area contributed by atoms with Gasteiger partial charge in [-0.25, -0.2) is 0 Å². The fourth-order valence-corrected chi connectivity index (χ4v) is 3.48. The van der Waals surface area contributed by atoms with Gasteiger partial charge in [0, 0.05) is 18.8 Å². The monoisotopic (exact) mass is 392 g/mol. The first-order valence-electron chi connectivity index (χ1n) is 9.03. The molecule has 0 bridgehead atoms. The Morgan fingerprint density at radius 2 is 1.68 bits per heavy atom. The molecule has 0 radical (unpaired) electrons. The minimum Gasteiger partial charge on any atom is -0.490 e. The molecule has 2 heterocycles. The number of carbonyl (C=O) groups is 1. The van der Waals surface area contributed by atoms with Crippen LogP contribution in [0.15, 0.2) is 42.5 Å². The standard InChI is InChI=1S/C20H19F3N2O3/c21-20(22,23)14-5-6-18-17(13-14)25(9-12-28-18)19(26)15-3-1-2-4-16(15)24-7-10-27-11-8-24/h1-6,13H,7-12H2. The van der Waals surface area contributed by atoms with Crippen LogP contribution >= 0.6 is 0 Å². The van der Waals surface area contributed by atoms with Crippen LogP contribution in [0.3, 0.4) is 0 Å². The SMILES string of the molecule is O=C(c1ccccc1N1CCOCC1)N1CCOc2ccc(C(F)(F)F)cc21. The molecule has 0 aromatic heterocycles. The molecule has 2 aliphatic rings. The number of hydrogen-bond acceptors (Lipinski definition) is 4. The van der Waals surface area contributed by atoms with Crippen molar-refractivity contribution >= 4 is 17.3 Å².